The minimum absolute atomic E-state index is 0. The molecule has 1 aliphatic rings. The molecule has 1 saturated heterocycles. The highest BCUT2D eigenvalue weighted by Gasteiger charge is 2.25. The Morgan fingerprint density at radius 2 is 1.95 bits per heavy atom. The lowest BCUT2D eigenvalue weighted by atomic mass is 9.98. The minimum atomic E-state index is -0.571. The standard InChI is InChI=1S/C14H20ClFN2O.2ClH/c1-2-3-12(18-8-6-17-7-9-18)10-4-5-11(16)13(15)14(10)19;;/h4-5,12,17,19H,2-3,6-9H2,1H3;2*1H/t12-;;/m1../s1. The second kappa shape index (κ2) is 9.70. The van der Waals surface area contributed by atoms with Crippen LogP contribution < -0.4 is 5.32 Å². The molecule has 0 aromatic heterocycles. The highest BCUT2D eigenvalue weighted by atomic mass is 35.5. The number of phenols is 1. The Labute approximate surface area is 142 Å². The Bertz CT molecular complexity index is 442. The van der Waals surface area contributed by atoms with E-state index >= 15 is 0 Å². The van der Waals surface area contributed by atoms with E-state index in [1.54, 1.807) is 6.07 Å². The molecule has 0 spiro atoms. The normalized spacial score (nSPS) is 16.7. The number of benzene rings is 1. The Hall–Kier alpha value is -0.260. The zero-order chi connectivity index (χ0) is 13.8. The fourth-order valence-electron chi connectivity index (χ4n) is 2.63. The second-order valence-corrected chi connectivity index (χ2v) is 5.27. The Balaban J connectivity index is 0.00000200. The number of nitrogens with one attached hydrogen (secondary N) is 1. The molecule has 1 aromatic rings. The predicted molar refractivity (Wildman–Crippen MR) is 89.7 cm³/mol. The zero-order valence-corrected chi connectivity index (χ0v) is 14.3. The van der Waals surface area contributed by atoms with Crippen LogP contribution in [0.25, 0.3) is 0 Å². The number of nitrogens with zero attached hydrogens (tertiary/aromatic N) is 1. The fraction of sp³-hybridized carbons (Fsp3) is 0.571. The van der Waals surface area contributed by atoms with Crippen LogP contribution in [0.1, 0.15) is 31.4 Å². The van der Waals surface area contributed by atoms with E-state index in [-0.39, 0.29) is 41.6 Å². The number of halogens is 4. The molecule has 7 heteroatoms. The SMILES string of the molecule is CCC[C@H](c1ccc(F)c(Cl)c1O)N1CCNCC1.Cl.Cl. The van der Waals surface area contributed by atoms with Gasteiger partial charge in [0, 0.05) is 37.8 Å². The van der Waals surface area contributed by atoms with Gasteiger partial charge in [-0.25, -0.2) is 4.39 Å². The molecular formula is C14H22Cl3FN2O. The maximum Gasteiger partial charge on any atom is 0.145 e. The average Bonchev–Trinajstić information content (AvgIpc) is 2.44. The first-order valence-corrected chi connectivity index (χ1v) is 7.14. The van der Waals surface area contributed by atoms with Crippen molar-refractivity contribution in [1.82, 2.24) is 10.2 Å². The van der Waals surface area contributed by atoms with Crippen LogP contribution in [-0.2, 0) is 0 Å². The Morgan fingerprint density at radius 3 is 2.52 bits per heavy atom. The zero-order valence-electron chi connectivity index (χ0n) is 11.9. The van der Waals surface area contributed by atoms with Crippen molar-refractivity contribution in [3.8, 4) is 5.75 Å². The lowest BCUT2D eigenvalue weighted by Crippen LogP contribution is -2.45. The van der Waals surface area contributed by atoms with Crippen molar-refractivity contribution in [3.05, 3.63) is 28.5 Å². The van der Waals surface area contributed by atoms with E-state index in [9.17, 15) is 9.50 Å². The van der Waals surface area contributed by atoms with Crippen LogP contribution in [0.15, 0.2) is 12.1 Å². The summed E-state index contributed by atoms with van der Waals surface area (Å²) >= 11 is 5.81. The molecule has 2 N–H and O–H groups in total. The van der Waals surface area contributed by atoms with Gasteiger partial charge in [-0.1, -0.05) is 31.0 Å². The Morgan fingerprint density at radius 1 is 1.33 bits per heavy atom. The quantitative estimate of drug-likeness (QED) is 0.859. The summed E-state index contributed by atoms with van der Waals surface area (Å²) in [6, 6.07) is 3.09. The molecule has 2 rings (SSSR count). The molecular weight excluding hydrogens is 338 g/mol. The molecule has 1 aliphatic heterocycles. The van der Waals surface area contributed by atoms with Crippen molar-refractivity contribution < 1.29 is 9.50 Å². The largest absolute Gasteiger partial charge is 0.506 e. The number of piperazine rings is 1. The first kappa shape index (κ1) is 20.7. The lowest BCUT2D eigenvalue weighted by Gasteiger charge is -2.35. The van der Waals surface area contributed by atoms with Gasteiger partial charge in [0.25, 0.3) is 0 Å². The van der Waals surface area contributed by atoms with E-state index in [4.69, 9.17) is 11.6 Å². The van der Waals surface area contributed by atoms with Crippen LogP contribution in [0.3, 0.4) is 0 Å². The first-order valence-electron chi connectivity index (χ1n) is 6.76. The number of rotatable bonds is 4. The highest BCUT2D eigenvalue weighted by Crippen LogP contribution is 2.38. The topological polar surface area (TPSA) is 35.5 Å². The van der Waals surface area contributed by atoms with Gasteiger partial charge in [0.05, 0.1) is 0 Å². The van der Waals surface area contributed by atoms with Crippen molar-refractivity contribution >= 4 is 36.4 Å². The van der Waals surface area contributed by atoms with E-state index in [2.05, 4.69) is 17.1 Å². The van der Waals surface area contributed by atoms with Gasteiger partial charge in [0.1, 0.15) is 16.6 Å². The predicted octanol–water partition coefficient (Wildman–Crippen LogP) is 3.77. The van der Waals surface area contributed by atoms with Gasteiger partial charge < -0.3 is 10.4 Å². The van der Waals surface area contributed by atoms with Crippen LogP contribution in [0, 0.1) is 5.82 Å². The van der Waals surface area contributed by atoms with Crippen LogP contribution in [0.5, 0.6) is 5.75 Å². The molecule has 1 aromatic carbocycles. The van der Waals surface area contributed by atoms with E-state index in [0.717, 1.165) is 44.6 Å². The van der Waals surface area contributed by atoms with Gasteiger partial charge >= 0.3 is 0 Å². The van der Waals surface area contributed by atoms with Crippen LogP contribution in [0.4, 0.5) is 4.39 Å². The van der Waals surface area contributed by atoms with Crippen molar-refractivity contribution in [2.24, 2.45) is 0 Å². The second-order valence-electron chi connectivity index (χ2n) is 4.89. The van der Waals surface area contributed by atoms with Gasteiger partial charge in [-0.05, 0) is 12.5 Å². The smallest absolute Gasteiger partial charge is 0.145 e. The van der Waals surface area contributed by atoms with E-state index in [0.29, 0.717) is 0 Å². The summed E-state index contributed by atoms with van der Waals surface area (Å²) in [5.41, 5.74) is 0.732. The summed E-state index contributed by atoms with van der Waals surface area (Å²) in [6.45, 7) is 5.85. The van der Waals surface area contributed by atoms with E-state index in [1.165, 1.54) is 6.07 Å². The van der Waals surface area contributed by atoms with E-state index in [1.807, 2.05) is 0 Å². The monoisotopic (exact) mass is 358 g/mol. The number of hydrogen-bond acceptors (Lipinski definition) is 3. The third-order valence-corrected chi connectivity index (χ3v) is 3.97. The van der Waals surface area contributed by atoms with Crippen molar-refractivity contribution in [3.63, 3.8) is 0 Å². The van der Waals surface area contributed by atoms with Gasteiger partial charge in [0.2, 0.25) is 0 Å². The molecule has 0 unspecified atom stereocenters. The number of phenolic OH excluding ortho intramolecular Hbond substituents is 1. The molecule has 0 amide bonds. The summed E-state index contributed by atoms with van der Waals surface area (Å²) in [5.74, 6) is -0.683. The first-order chi connectivity index (χ1) is 9.15. The van der Waals surface area contributed by atoms with E-state index < -0.39 is 5.82 Å². The Kier molecular flexibility index (Phi) is 9.58. The third kappa shape index (κ3) is 4.86. The van der Waals surface area contributed by atoms with Crippen molar-refractivity contribution in [2.75, 3.05) is 26.2 Å². The molecule has 0 bridgehead atoms. The van der Waals surface area contributed by atoms with Gasteiger partial charge in [-0.2, -0.15) is 0 Å². The average molecular weight is 360 g/mol. The molecule has 0 saturated carbocycles. The summed E-state index contributed by atoms with van der Waals surface area (Å²) in [4.78, 5) is 2.32. The maximum atomic E-state index is 13.3. The van der Waals surface area contributed by atoms with Gasteiger partial charge in [-0.3, -0.25) is 4.90 Å². The maximum absolute atomic E-state index is 13.3. The highest BCUT2D eigenvalue weighted by molar-refractivity contribution is 6.32. The molecule has 21 heavy (non-hydrogen) atoms. The molecule has 1 fully saturated rings. The lowest BCUT2D eigenvalue weighted by molar-refractivity contribution is 0.162. The van der Waals surface area contributed by atoms with Crippen LogP contribution >= 0.6 is 36.4 Å². The van der Waals surface area contributed by atoms with Gasteiger partial charge in [-0.15, -0.1) is 24.8 Å². The third-order valence-electron chi connectivity index (χ3n) is 3.61. The molecule has 3 nitrogen and oxygen atoms in total. The molecule has 0 radical (unpaired) electrons. The van der Waals surface area contributed by atoms with Crippen LogP contribution in [-0.4, -0.2) is 36.2 Å². The minimum Gasteiger partial charge on any atom is -0.506 e. The summed E-state index contributed by atoms with van der Waals surface area (Å²) in [7, 11) is 0. The molecule has 1 heterocycles. The number of hydrogen-bond donors (Lipinski definition) is 2. The van der Waals surface area contributed by atoms with Crippen molar-refractivity contribution in [2.45, 2.75) is 25.8 Å². The van der Waals surface area contributed by atoms with Crippen LogP contribution in [0.2, 0.25) is 5.02 Å². The number of aromatic hydroxyl groups is 1. The fourth-order valence-corrected chi connectivity index (χ4v) is 2.80. The summed E-state index contributed by atoms with van der Waals surface area (Å²) < 4.78 is 13.3. The molecule has 122 valence electrons. The van der Waals surface area contributed by atoms with Crippen molar-refractivity contribution in [1.29, 1.82) is 0 Å². The molecule has 1 atom stereocenters. The summed E-state index contributed by atoms with van der Waals surface area (Å²) in [6.07, 6.45) is 1.93. The van der Waals surface area contributed by atoms with Gasteiger partial charge in [0.15, 0.2) is 0 Å². The summed E-state index contributed by atoms with van der Waals surface area (Å²) in [5, 5.41) is 13.2. The molecule has 0 aliphatic carbocycles.